The molecule has 0 saturated carbocycles. The molecular formula is C11H17N5O3. The largest absolute Gasteiger partial charge is 0.355 e. The lowest BCUT2D eigenvalue weighted by Gasteiger charge is -2.03. The van der Waals surface area contributed by atoms with Crippen LogP contribution in [0.15, 0.2) is 4.52 Å². The van der Waals surface area contributed by atoms with Gasteiger partial charge in [-0.3, -0.25) is 9.59 Å². The summed E-state index contributed by atoms with van der Waals surface area (Å²) >= 11 is 0. The number of carbonyl (C=O) groups is 2. The zero-order chi connectivity index (χ0) is 13.7. The summed E-state index contributed by atoms with van der Waals surface area (Å²) in [6.07, 6.45) is 2.00. The summed E-state index contributed by atoms with van der Waals surface area (Å²) in [4.78, 5) is 26.4. The maximum Gasteiger partial charge on any atom is 0.292 e. The van der Waals surface area contributed by atoms with Crippen molar-refractivity contribution < 1.29 is 14.1 Å². The summed E-state index contributed by atoms with van der Waals surface area (Å²) in [5.74, 6) is -0.0715. The van der Waals surface area contributed by atoms with E-state index in [-0.39, 0.29) is 17.8 Å². The van der Waals surface area contributed by atoms with Crippen molar-refractivity contribution in [3.63, 3.8) is 0 Å². The van der Waals surface area contributed by atoms with Gasteiger partial charge in [-0.2, -0.15) is 4.98 Å². The van der Waals surface area contributed by atoms with Crippen molar-refractivity contribution in [3.05, 3.63) is 11.7 Å². The first-order valence-corrected chi connectivity index (χ1v) is 6.26. The normalized spacial score (nSPS) is 18.3. The molecule has 0 spiro atoms. The van der Waals surface area contributed by atoms with Crippen LogP contribution in [0.3, 0.4) is 0 Å². The van der Waals surface area contributed by atoms with Gasteiger partial charge in [0.1, 0.15) is 0 Å². The lowest BCUT2D eigenvalue weighted by molar-refractivity contribution is -0.118. The molecule has 8 heteroatoms. The molecule has 1 fully saturated rings. The summed E-state index contributed by atoms with van der Waals surface area (Å²) in [5.41, 5.74) is 0. The van der Waals surface area contributed by atoms with E-state index < -0.39 is 5.91 Å². The molecular weight excluding hydrogens is 250 g/mol. The molecule has 2 amide bonds. The molecule has 0 bridgehead atoms. The molecule has 1 aliphatic rings. The van der Waals surface area contributed by atoms with Gasteiger partial charge in [0.25, 0.3) is 11.7 Å². The zero-order valence-corrected chi connectivity index (χ0v) is 10.7. The Hall–Kier alpha value is -1.96. The van der Waals surface area contributed by atoms with E-state index in [1.165, 1.54) is 6.92 Å². The van der Waals surface area contributed by atoms with E-state index in [1.807, 2.05) is 0 Å². The molecule has 1 aromatic heterocycles. The predicted molar refractivity (Wildman–Crippen MR) is 65.3 cm³/mol. The van der Waals surface area contributed by atoms with E-state index in [9.17, 15) is 9.59 Å². The highest BCUT2D eigenvalue weighted by atomic mass is 16.5. The molecule has 19 heavy (non-hydrogen) atoms. The van der Waals surface area contributed by atoms with Crippen molar-refractivity contribution in [2.45, 2.75) is 25.8 Å². The molecule has 0 aromatic carbocycles. The van der Waals surface area contributed by atoms with Gasteiger partial charge in [-0.05, 0) is 19.4 Å². The third kappa shape index (κ3) is 3.75. The van der Waals surface area contributed by atoms with Crippen LogP contribution in [0.1, 0.15) is 42.3 Å². The first-order valence-electron chi connectivity index (χ1n) is 6.26. The second kappa shape index (κ2) is 6.28. The molecule has 1 aliphatic heterocycles. The fraction of sp³-hybridized carbons (Fsp3) is 0.636. The average molecular weight is 267 g/mol. The first-order chi connectivity index (χ1) is 9.16. The van der Waals surface area contributed by atoms with Gasteiger partial charge in [-0.15, -0.1) is 0 Å². The monoisotopic (exact) mass is 267 g/mol. The molecule has 1 saturated heterocycles. The van der Waals surface area contributed by atoms with Gasteiger partial charge >= 0.3 is 0 Å². The number of hydrogen-bond donors (Lipinski definition) is 3. The number of rotatable bonds is 5. The average Bonchev–Trinajstić information content (AvgIpc) is 3.03. The van der Waals surface area contributed by atoms with Crippen molar-refractivity contribution in [1.82, 2.24) is 26.1 Å². The zero-order valence-electron chi connectivity index (χ0n) is 10.7. The molecule has 1 atom stereocenters. The minimum Gasteiger partial charge on any atom is -0.355 e. The second-order valence-corrected chi connectivity index (χ2v) is 4.34. The van der Waals surface area contributed by atoms with E-state index in [2.05, 4.69) is 26.1 Å². The van der Waals surface area contributed by atoms with Crippen LogP contribution in [0.2, 0.25) is 0 Å². The molecule has 1 unspecified atom stereocenters. The summed E-state index contributed by atoms with van der Waals surface area (Å²) in [7, 11) is 0. The lowest BCUT2D eigenvalue weighted by atomic mass is 10.2. The highest BCUT2D eigenvalue weighted by Crippen LogP contribution is 2.20. The molecule has 104 valence electrons. The van der Waals surface area contributed by atoms with Gasteiger partial charge in [-0.1, -0.05) is 5.16 Å². The summed E-state index contributed by atoms with van der Waals surface area (Å²) in [5, 5.41) is 12.0. The van der Waals surface area contributed by atoms with Crippen LogP contribution in [-0.2, 0) is 4.79 Å². The minimum absolute atomic E-state index is 0.0199. The Kier molecular flexibility index (Phi) is 4.45. The number of hydrogen-bond acceptors (Lipinski definition) is 6. The summed E-state index contributed by atoms with van der Waals surface area (Å²) in [6.45, 7) is 3.03. The van der Waals surface area contributed by atoms with Crippen molar-refractivity contribution >= 4 is 11.8 Å². The molecule has 1 aromatic rings. The molecule has 2 rings (SSSR count). The molecule has 0 aliphatic carbocycles. The third-order valence-corrected chi connectivity index (χ3v) is 2.79. The quantitative estimate of drug-likeness (QED) is 0.612. The van der Waals surface area contributed by atoms with Gasteiger partial charge in [0.15, 0.2) is 0 Å². The minimum atomic E-state index is -0.404. The van der Waals surface area contributed by atoms with Gasteiger partial charge in [-0.25, -0.2) is 0 Å². The van der Waals surface area contributed by atoms with Crippen LogP contribution in [0.4, 0.5) is 0 Å². The molecule has 0 radical (unpaired) electrons. The van der Waals surface area contributed by atoms with Crippen molar-refractivity contribution in [2.24, 2.45) is 0 Å². The third-order valence-electron chi connectivity index (χ3n) is 2.79. The van der Waals surface area contributed by atoms with E-state index in [0.717, 1.165) is 19.4 Å². The molecule has 2 heterocycles. The van der Waals surface area contributed by atoms with Crippen molar-refractivity contribution in [2.75, 3.05) is 19.6 Å². The van der Waals surface area contributed by atoms with Crippen LogP contribution in [0, 0.1) is 0 Å². The molecule has 3 N–H and O–H groups in total. The smallest absolute Gasteiger partial charge is 0.292 e. The van der Waals surface area contributed by atoms with E-state index in [1.54, 1.807) is 0 Å². The number of nitrogens with one attached hydrogen (secondary N) is 3. The topological polar surface area (TPSA) is 109 Å². The van der Waals surface area contributed by atoms with Gasteiger partial charge < -0.3 is 20.5 Å². The Morgan fingerprint density at radius 2 is 2.21 bits per heavy atom. The molecule has 8 nitrogen and oxygen atoms in total. The predicted octanol–water partition coefficient (Wildman–Crippen LogP) is -0.640. The Morgan fingerprint density at radius 3 is 2.89 bits per heavy atom. The van der Waals surface area contributed by atoms with Crippen molar-refractivity contribution in [1.29, 1.82) is 0 Å². The van der Waals surface area contributed by atoms with Crippen molar-refractivity contribution in [3.8, 4) is 0 Å². The Morgan fingerprint density at radius 1 is 1.42 bits per heavy atom. The Bertz CT molecular complexity index is 453. The lowest BCUT2D eigenvalue weighted by Crippen LogP contribution is -2.34. The summed E-state index contributed by atoms with van der Waals surface area (Å²) in [6, 6.07) is 0.0495. The van der Waals surface area contributed by atoms with E-state index in [0.29, 0.717) is 19.0 Å². The fourth-order valence-corrected chi connectivity index (χ4v) is 1.86. The summed E-state index contributed by atoms with van der Waals surface area (Å²) < 4.78 is 5.06. The number of carbonyl (C=O) groups excluding carboxylic acids is 2. The number of amides is 2. The van der Waals surface area contributed by atoms with Gasteiger partial charge in [0.05, 0.1) is 6.04 Å². The van der Waals surface area contributed by atoms with Crippen LogP contribution >= 0.6 is 0 Å². The standard InChI is InChI=1S/C11H17N5O3/c1-7(17)12-5-6-14-10(18)9-15-11(19-16-9)8-3-2-4-13-8/h8,13H,2-6H2,1H3,(H,12,17)(H,14,18). The highest BCUT2D eigenvalue weighted by Gasteiger charge is 2.24. The Labute approximate surface area is 110 Å². The van der Waals surface area contributed by atoms with Crippen LogP contribution < -0.4 is 16.0 Å². The fourth-order valence-electron chi connectivity index (χ4n) is 1.86. The van der Waals surface area contributed by atoms with Crippen LogP contribution in [0.5, 0.6) is 0 Å². The highest BCUT2D eigenvalue weighted by molar-refractivity contribution is 5.90. The van der Waals surface area contributed by atoms with Crippen LogP contribution in [-0.4, -0.2) is 41.6 Å². The number of nitrogens with zero attached hydrogens (tertiary/aromatic N) is 2. The van der Waals surface area contributed by atoms with Gasteiger partial charge in [0.2, 0.25) is 11.8 Å². The Balaban J connectivity index is 1.80. The van der Waals surface area contributed by atoms with Crippen LogP contribution in [0.25, 0.3) is 0 Å². The maximum absolute atomic E-state index is 11.7. The van der Waals surface area contributed by atoms with Gasteiger partial charge in [0, 0.05) is 20.0 Å². The number of aromatic nitrogens is 2. The maximum atomic E-state index is 11.7. The second-order valence-electron chi connectivity index (χ2n) is 4.34. The van der Waals surface area contributed by atoms with E-state index >= 15 is 0 Å². The first kappa shape index (κ1) is 13.5. The van der Waals surface area contributed by atoms with E-state index in [4.69, 9.17) is 4.52 Å². The SMILES string of the molecule is CC(=O)NCCNC(=O)c1noc(C2CCCN2)n1.